The molecule has 5 heteroatoms. The van der Waals surface area contributed by atoms with E-state index in [1.54, 1.807) is 6.92 Å². The van der Waals surface area contributed by atoms with Crippen LogP contribution in [0.15, 0.2) is 23.3 Å². The van der Waals surface area contributed by atoms with Crippen molar-refractivity contribution >= 4 is 17.5 Å². The largest absolute Gasteiger partial charge is 0.458 e. The Labute approximate surface area is 172 Å². The van der Waals surface area contributed by atoms with E-state index < -0.39 is 17.0 Å². The summed E-state index contributed by atoms with van der Waals surface area (Å²) in [5.41, 5.74) is 0.626. The molecule has 4 aliphatic carbocycles. The lowest BCUT2D eigenvalue weighted by atomic mass is 9.50. The van der Waals surface area contributed by atoms with E-state index >= 15 is 0 Å². The normalized spacial score (nSPS) is 40.9. The van der Waals surface area contributed by atoms with E-state index in [0.717, 1.165) is 25.7 Å². The Bertz CT molecular complexity index is 823. The van der Waals surface area contributed by atoms with Crippen LogP contribution in [0, 0.1) is 22.7 Å². The molecule has 0 aliphatic heterocycles. The average molecular weight is 401 g/mol. The molecule has 2 fully saturated rings. The number of carbonyl (C=O) groups is 3. The van der Waals surface area contributed by atoms with E-state index in [9.17, 15) is 19.5 Å². The van der Waals surface area contributed by atoms with Gasteiger partial charge in [-0.25, -0.2) is 0 Å². The SMILES string of the molecule is CCC(=O)OCC(=O)[C@@]1(O)CC[C@H]2[C@@H]3CCC4=CC(=O)CCC4(C)C3=CCC21C. The Balaban J connectivity index is 1.63. The quantitative estimate of drug-likeness (QED) is 0.575. The molecular weight excluding hydrogens is 368 g/mol. The fraction of sp³-hybridized carbons (Fsp3) is 0.708. The van der Waals surface area contributed by atoms with Gasteiger partial charge in [-0.3, -0.25) is 14.4 Å². The summed E-state index contributed by atoms with van der Waals surface area (Å²) < 4.78 is 5.06. The van der Waals surface area contributed by atoms with Crippen molar-refractivity contribution in [3.8, 4) is 0 Å². The molecule has 0 aromatic carbocycles. The van der Waals surface area contributed by atoms with Gasteiger partial charge in [-0.05, 0) is 56.4 Å². The molecular formula is C24H32O5. The second kappa shape index (κ2) is 6.90. The minimum atomic E-state index is -1.45. The van der Waals surface area contributed by atoms with Crippen LogP contribution in [0.25, 0.3) is 0 Å². The Hall–Kier alpha value is -1.75. The van der Waals surface area contributed by atoms with Gasteiger partial charge in [0.2, 0.25) is 5.78 Å². The van der Waals surface area contributed by atoms with Crippen molar-refractivity contribution in [3.05, 3.63) is 23.3 Å². The first-order chi connectivity index (χ1) is 13.7. The lowest BCUT2D eigenvalue weighted by Crippen LogP contribution is -2.55. The van der Waals surface area contributed by atoms with E-state index in [0.29, 0.717) is 25.2 Å². The third-order valence-electron chi connectivity index (χ3n) is 8.60. The number of fused-ring (bicyclic) bond motifs is 5. The molecule has 0 radical (unpaired) electrons. The number of carbonyl (C=O) groups excluding carboxylic acids is 3. The van der Waals surface area contributed by atoms with Crippen molar-refractivity contribution < 1.29 is 24.2 Å². The Morgan fingerprint density at radius 2 is 1.97 bits per heavy atom. The van der Waals surface area contributed by atoms with Crippen LogP contribution in [0.3, 0.4) is 0 Å². The molecule has 0 heterocycles. The Kier molecular flexibility index (Phi) is 4.88. The predicted molar refractivity (Wildman–Crippen MR) is 108 cm³/mol. The predicted octanol–water partition coefficient (Wildman–Crippen LogP) is 3.69. The number of hydrogen-bond acceptors (Lipinski definition) is 5. The van der Waals surface area contributed by atoms with Crippen molar-refractivity contribution in [2.45, 2.75) is 77.7 Å². The number of Topliss-reactive ketones (excluding diaryl/α,β-unsaturated/α-hetero) is 1. The zero-order valence-corrected chi connectivity index (χ0v) is 17.8. The molecule has 2 unspecified atom stereocenters. The monoisotopic (exact) mass is 400 g/mol. The third kappa shape index (κ3) is 2.88. The summed E-state index contributed by atoms with van der Waals surface area (Å²) >= 11 is 0. The molecule has 158 valence electrons. The maximum absolute atomic E-state index is 12.9. The highest BCUT2D eigenvalue weighted by Gasteiger charge is 2.64. The third-order valence-corrected chi connectivity index (χ3v) is 8.60. The van der Waals surface area contributed by atoms with Gasteiger partial charge in [-0.2, -0.15) is 0 Å². The summed E-state index contributed by atoms with van der Waals surface area (Å²) in [7, 11) is 0. The van der Waals surface area contributed by atoms with Gasteiger partial charge in [0.25, 0.3) is 0 Å². The molecule has 0 saturated heterocycles. The van der Waals surface area contributed by atoms with E-state index in [4.69, 9.17) is 4.74 Å². The molecule has 1 N–H and O–H groups in total. The maximum Gasteiger partial charge on any atom is 0.305 e. The highest BCUT2D eigenvalue weighted by atomic mass is 16.5. The van der Waals surface area contributed by atoms with Crippen molar-refractivity contribution in [1.29, 1.82) is 0 Å². The van der Waals surface area contributed by atoms with E-state index in [-0.39, 0.29) is 35.9 Å². The minimum absolute atomic E-state index is 0.0560. The van der Waals surface area contributed by atoms with Gasteiger partial charge in [-0.15, -0.1) is 0 Å². The number of rotatable bonds is 4. The highest BCUT2D eigenvalue weighted by Crippen LogP contribution is 2.65. The van der Waals surface area contributed by atoms with Gasteiger partial charge in [0.1, 0.15) is 5.60 Å². The molecule has 4 aliphatic rings. The lowest BCUT2D eigenvalue weighted by Gasteiger charge is -2.54. The van der Waals surface area contributed by atoms with Crippen LogP contribution in [0.1, 0.15) is 72.1 Å². The summed E-state index contributed by atoms with van der Waals surface area (Å²) in [5.74, 6) is 0.0175. The molecule has 0 spiro atoms. The van der Waals surface area contributed by atoms with Crippen LogP contribution in [-0.2, 0) is 19.1 Å². The first-order valence-electron chi connectivity index (χ1n) is 11.0. The first-order valence-corrected chi connectivity index (χ1v) is 11.0. The Morgan fingerprint density at radius 1 is 1.21 bits per heavy atom. The van der Waals surface area contributed by atoms with Gasteiger partial charge < -0.3 is 9.84 Å². The highest BCUT2D eigenvalue weighted by molar-refractivity contribution is 5.92. The number of hydrogen-bond donors (Lipinski definition) is 1. The smallest absolute Gasteiger partial charge is 0.305 e. The molecule has 4 rings (SSSR count). The van der Waals surface area contributed by atoms with Crippen LogP contribution < -0.4 is 0 Å². The van der Waals surface area contributed by atoms with Crippen LogP contribution in [0.2, 0.25) is 0 Å². The molecule has 5 nitrogen and oxygen atoms in total. The summed E-state index contributed by atoms with van der Waals surface area (Å²) in [6, 6.07) is 0. The van der Waals surface area contributed by atoms with Crippen LogP contribution in [-0.4, -0.2) is 34.9 Å². The molecule has 0 aromatic rings. The zero-order chi connectivity index (χ0) is 21.0. The maximum atomic E-state index is 12.9. The number of allylic oxidation sites excluding steroid dienone is 4. The summed E-state index contributed by atoms with van der Waals surface area (Å²) in [5, 5.41) is 11.5. The number of esters is 1. The second-order valence-corrected chi connectivity index (χ2v) is 9.84. The van der Waals surface area contributed by atoms with Crippen molar-refractivity contribution in [2.24, 2.45) is 22.7 Å². The molecule has 0 amide bonds. The van der Waals surface area contributed by atoms with E-state index in [1.165, 1.54) is 11.1 Å². The van der Waals surface area contributed by atoms with Crippen molar-refractivity contribution in [2.75, 3.05) is 6.61 Å². The second-order valence-electron chi connectivity index (χ2n) is 9.84. The van der Waals surface area contributed by atoms with Crippen LogP contribution in [0.4, 0.5) is 0 Å². The Morgan fingerprint density at radius 3 is 2.69 bits per heavy atom. The fourth-order valence-electron chi connectivity index (χ4n) is 6.70. The molecule has 0 aromatic heterocycles. The van der Waals surface area contributed by atoms with Crippen molar-refractivity contribution in [3.63, 3.8) is 0 Å². The zero-order valence-electron chi connectivity index (χ0n) is 17.8. The van der Waals surface area contributed by atoms with Gasteiger partial charge in [0, 0.05) is 23.7 Å². The van der Waals surface area contributed by atoms with E-state index in [1.807, 2.05) is 13.0 Å². The van der Waals surface area contributed by atoms with Gasteiger partial charge in [0.15, 0.2) is 12.4 Å². The van der Waals surface area contributed by atoms with Crippen LogP contribution >= 0.6 is 0 Å². The van der Waals surface area contributed by atoms with Gasteiger partial charge in [-0.1, -0.05) is 38.0 Å². The van der Waals surface area contributed by atoms with Crippen LogP contribution in [0.5, 0.6) is 0 Å². The molecule has 0 bridgehead atoms. The number of ketones is 2. The summed E-state index contributed by atoms with van der Waals surface area (Å²) in [6.45, 7) is 5.64. The van der Waals surface area contributed by atoms with Gasteiger partial charge in [0.05, 0.1) is 0 Å². The summed E-state index contributed by atoms with van der Waals surface area (Å²) in [6.07, 6.45) is 9.55. The standard InChI is InChI=1S/C24H32O5/c1-4-21(27)29-14-20(26)24(28)12-9-19-17-6-5-15-13-16(25)7-10-22(15,2)18(17)8-11-23(19,24)3/h8,13,17,19,28H,4-7,9-12,14H2,1-3H3/t17-,19+,22?,23?,24+/m1/s1. The average Bonchev–Trinajstić information content (AvgIpc) is 2.98. The summed E-state index contributed by atoms with van der Waals surface area (Å²) in [4.78, 5) is 36.4. The van der Waals surface area contributed by atoms with Crippen molar-refractivity contribution in [1.82, 2.24) is 0 Å². The lowest BCUT2D eigenvalue weighted by molar-refractivity contribution is -0.163. The van der Waals surface area contributed by atoms with Gasteiger partial charge >= 0.3 is 5.97 Å². The topological polar surface area (TPSA) is 80.7 Å². The van der Waals surface area contributed by atoms with E-state index in [2.05, 4.69) is 13.0 Å². The minimum Gasteiger partial charge on any atom is -0.458 e. The first kappa shape index (κ1) is 20.5. The molecule has 5 atom stereocenters. The number of aliphatic hydroxyl groups is 1. The molecule has 29 heavy (non-hydrogen) atoms. The molecule has 2 saturated carbocycles. The fourth-order valence-corrected chi connectivity index (χ4v) is 6.70. The number of ether oxygens (including phenoxy) is 1.